The topological polar surface area (TPSA) is 78.9 Å². The molecular formula is C56H98O6. The first kappa shape index (κ1) is 59.1. The Bertz CT molecular complexity index is 1130. The molecule has 0 aromatic rings. The van der Waals surface area contributed by atoms with E-state index in [4.69, 9.17) is 14.2 Å². The number of carbonyl (C=O) groups excluding carboxylic acids is 3. The first-order valence-corrected chi connectivity index (χ1v) is 26.3. The van der Waals surface area contributed by atoms with Gasteiger partial charge in [0.05, 0.1) is 0 Å². The zero-order valence-electron chi connectivity index (χ0n) is 40.9. The quantitative estimate of drug-likeness (QED) is 0.0199. The first-order chi connectivity index (χ1) is 30.5. The van der Waals surface area contributed by atoms with Crippen molar-refractivity contribution in [2.24, 2.45) is 0 Å². The van der Waals surface area contributed by atoms with Gasteiger partial charge in [-0.3, -0.25) is 14.4 Å². The number of rotatable bonds is 47. The van der Waals surface area contributed by atoms with E-state index in [-0.39, 0.29) is 31.1 Å². The van der Waals surface area contributed by atoms with Crippen molar-refractivity contribution in [2.75, 3.05) is 13.2 Å². The van der Waals surface area contributed by atoms with Crippen molar-refractivity contribution in [2.45, 2.75) is 264 Å². The summed E-state index contributed by atoms with van der Waals surface area (Å²) in [4.78, 5) is 37.9. The third kappa shape index (κ3) is 48.1. The highest BCUT2D eigenvalue weighted by molar-refractivity contribution is 5.71. The molecule has 0 amide bonds. The summed E-state index contributed by atoms with van der Waals surface area (Å²) in [6.07, 6.45) is 62.1. The van der Waals surface area contributed by atoms with Gasteiger partial charge in [-0.2, -0.15) is 0 Å². The average molecular weight is 867 g/mol. The Morgan fingerprint density at radius 2 is 0.613 bits per heavy atom. The van der Waals surface area contributed by atoms with Gasteiger partial charge in [-0.05, 0) is 64.2 Å². The molecule has 0 aromatic carbocycles. The van der Waals surface area contributed by atoms with Crippen LogP contribution in [0.3, 0.4) is 0 Å². The summed E-state index contributed by atoms with van der Waals surface area (Å²) in [5, 5.41) is 0. The zero-order chi connectivity index (χ0) is 45.1. The van der Waals surface area contributed by atoms with Crippen molar-refractivity contribution in [3.8, 4) is 0 Å². The molecule has 6 heteroatoms. The van der Waals surface area contributed by atoms with Gasteiger partial charge < -0.3 is 14.2 Å². The third-order valence-electron chi connectivity index (χ3n) is 11.3. The molecule has 0 radical (unpaired) electrons. The van der Waals surface area contributed by atoms with Gasteiger partial charge in [0.2, 0.25) is 0 Å². The lowest BCUT2D eigenvalue weighted by molar-refractivity contribution is -0.167. The van der Waals surface area contributed by atoms with E-state index in [1.165, 1.54) is 135 Å². The van der Waals surface area contributed by atoms with Crippen molar-refractivity contribution in [3.63, 3.8) is 0 Å². The van der Waals surface area contributed by atoms with Crippen molar-refractivity contribution in [3.05, 3.63) is 60.8 Å². The lowest BCUT2D eigenvalue weighted by Crippen LogP contribution is -2.30. The van der Waals surface area contributed by atoms with Crippen LogP contribution in [0.1, 0.15) is 258 Å². The predicted molar refractivity (Wildman–Crippen MR) is 265 cm³/mol. The molecule has 1 unspecified atom stereocenters. The Balaban J connectivity index is 4.37. The molecule has 0 rings (SSSR count). The van der Waals surface area contributed by atoms with Gasteiger partial charge in [0.1, 0.15) is 13.2 Å². The van der Waals surface area contributed by atoms with Crippen LogP contribution in [0.2, 0.25) is 0 Å². The lowest BCUT2D eigenvalue weighted by Gasteiger charge is -2.18. The standard InChI is InChI=1S/C56H98O6/c1-4-7-10-13-16-19-21-23-25-27-29-30-32-34-37-40-43-46-49-55(58)61-52-53(51-60-54(57)48-45-42-39-36-18-15-12-9-6-3)62-56(59)50-47-44-41-38-35-33-31-28-26-24-22-20-17-14-11-8-5-2/h16,19,21,23,25,27,29-30,36,39,53H,4-15,17-18,20,22,24,26,28,31-35,37-38,40-52H2,1-3H3/b19-16-,23-21-,27-25-,30-29-,39-36-. The summed E-state index contributed by atoms with van der Waals surface area (Å²) in [5.41, 5.74) is 0. The molecule has 1 atom stereocenters. The number of hydrogen-bond acceptors (Lipinski definition) is 6. The second-order valence-electron chi connectivity index (χ2n) is 17.5. The molecule has 0 bridgehead atoms. The summed E-state index contributed by atoms with van der Waals surface area (Å²) in [7, 11) is 0. The van der Waals surface area contributed by atoms with Gasteiger partial charge in [0.25, 0.3) is 0 Å². The van der Waals surface area contributed by atoms with E-state index >= 15 is 0 Å². The molecule has 6 nitrogen and oxygen atoms in total. The van der Waals surface area contributed by atoms with Gasteiger partial charge in [0.15, 0.2) is 6.10 Å². The minimum atomic E-state index is -0.791. The smallest absolute Gasteiger partial charge is 0.306 e. The second kappa shape index (κ2) is 50.8. The average Bonchev–Trinajstić information content (AvgIpc) is 3.27. The fraction of sp³-hybridized carbons (Fsp3) is 0.768. The van der Waals surface area contributed by atoms with Gasteiger partial charge in [-0.25, -0.2) is 0 Å². The molecule has 0 saturated heterocycles. The van der Waals surface area contributed by atoms with Crippen LogP contribution < -0.4 is 0 Å². The highest BCUT2D eigenvalue weighted by Gasteiger charge is 2.19. The summed E-state index contributed by atoms with van der Waals surface area (Å²) in [6, 6.07) is 0. The maximum Gasteiger partial charge on any atom is 0.306 e. The molecule has 0 saturated carbocycles. The normalized spacial score (nSPS) is 12.5. The van der Waals surface area contributed by atoms with Crippen LogP contribution in [0.15, 0.2) is 60.8 Å². The molecule has 0 fully saturated rings. The van der Waals surface area contributed by atoms with Gasteiger partial charge in [-0.1, -0.05) is 236 Å². The Morgan fingerprint density at radius 1 is 0.323 bits per heavy atom. The van der Waals surface area contributed by atoms with Gasteiger partial charge in [0, 0.05) is 19.3 Å². The molecule has 0 N–H and O–H groups in total. The molecule has 0 aromatic heterocycles. The van der Waals surface area contributed by atoms with E-state index in [9.17, 15) is 14.4 Å². The number of carbonyl (C=O) groups is 3. The van der Waals surface area contributed by atoms with Gasteiger partial charge >= 0.3 is 17.9 Å². The molecule has 0 aliphatic rings. The van der Waals surface area contributed by atoms with Crippen molar-refractivity contribution >= 4 is 17.9 Å². The van der Waals surface area contributed by atoms with Crippen LogP contribution in [0.25, 0.3) is 0 Å². The van der Waals surface area contributed by atoms with E-state index in [2.05, 4.69) is 81.5 Å². The van der Waals surface area contributed by atoms with E-state index < -0.39 is 6.10 Å². The SMILES string of the molecule is CCCCC\C=C/C=C\C=C/C=C\CCCCCCCC(=O)OCC(COC(=O)CCC/C=C\CCCCCC)OC(=O)CCCCCCCCCCCCCCCCCCC. The molecule has 0 heterocycles. The predicted octanol–water partition coefficient (Wildman–Crippen LogP) is 17.3. The minimum absolute atomic E-state index is 0.0933. The summed E-state index contributed by atoms with van der Waals surface area (Å²) >= 11 is 0. The van der Waals surface area contributed by atoms with E-state index in [0.29, 0.717) is 25.7 Å². The van der Waals surface area contributed by atoms with Crippen LogP contribution in [-0.4, -0.2) is 37.2 Å². The zero-order valence-corrected chi connectivity index (χ0v) is 40.9. The van der Waals surface area contributed by atoms with E-state index in [1.807, 2.05) is 0 Å². The van der Waals surface area contributed by atoms with E-state index in [1.54, 1.807) is 0 Å². The minimum Gasteiger partial charge on any atom is -0.462 e. The van der Waals surface area contributed by atoms with Crippen LogP contribution in [0.4, 0.5) is 0 Å². The molecule has 62 heavy (non-hydrogen) atoms. The summed E-state index contributed by atoms with van der Waals surface area (Å²) in [6.45, 7) is 6.53. The molecule has 358 valence electrons. The van der Waals surface area contributed by atoms with Crippen LogP contribution in [-0.2, 0) is 28.6 Å². The van der Waals surface area contributed by atoms with Gasteiger partial charge in [-0.15, -0.1) is 0 Å². The maximum atomic E-state index is 12.8. The largest absolute Gasteiger partial charge is 0.462 e. The number of allylic oxidation sites excluding steroid dienone is 10. The summed E-state index contributed by atoms with van der Waals surface area (Å²) < 4.78 is 16.7. The third-order valence-corrected chi connectivity index (χ3v) is 11.3. The lowest BCUT2D eigenvalue weighted by atomic mass is 10.0. The van der Waals surface area contributed by atoms with Crippen molar-refractivity contribution in [1.82, 2.24) is 0 Å². The Hall–Kier alpha value is -2.89. The number of esters is 3. The van der Waals surface area contributed by atoms with Crippen molar-refractivity contribution in [1.29, 1.82) is 0 Å². The summed E-state index contributed by atoms with van der Waals surface area (Å²) in [5.74, 6) is -0.944. The van der Waals surface area contributed by atoms with Crippen molar-refractivity contribution < 1.29 is 28.6 Å². The number of hydrogen-bond donors (Lipinski definition) is 0. The number of ether oxygens (including phenoxy) is 3. The maximum absolute atomic E-state index is 12.8. The highest BCUT2D eigenvalue weighted by Crippen LogP contribution is 2.15. The second-order valence-corrected chi connectivity index (χ2v) is 17.5. The fourth-order valence-corrected chi connectivity index (χ4v) is 7.34. The first-order valence-electron chi connectivity index (χ1n) is 26.3. The molecule has 0 spiro atoms. The highest BCUT2D eigenvalue weighted by atomic mass is 16.6. The van der Waals surface area contributed by atoms with Crippen LogP contribution >= 0.6 is 0 Å². The monoisotopic (exact) mass is 867 g/mol. The van der Waals surface area contributed by atoms with Crippen LogP contribution in [0, 0.1) is 0 Å². The molecule has 0 aliphatic carbocycles. The Morgan fingerprint density at radius 3 is 1.06 bits per heavy atom. The molecule has 0 aliphatic heterocycles. The van der Waals surface area contributed by atoms with E-state index in [0.717, 1.165) is 77.0 Å². The van der Waals surface area contributed by atoms with Crippen LogP contribution in [0.5, 0.6) is 0 Å². The fourth-order valence-electron chi connectivity index (χ4n) is 7.34. The Kier molecular flexibility index (Phi) is 48.4. The Labute approximate surface area is 383 Å². The molecular weight excluding hydrogens is 769 g/mol. The number of unbranched alkanes of at least 4 members (excludes halogenated alkanes) is 29.